The van der Waals surface area contributed by atoms with Crippen molar-refractivity contribution in [3.05, 3.63) is 168 Å². The van der Waals surface area contributed by atoms with Crippen molar-refractivity contribution in [2.75, 3.05) is 0 Å². The molecule has 292 valence electrons. The lowest BCUT2D eigenvalue weighted by atomic mass is 9.80. The van der Waals surface area contributed by atoms with Crippen molar-refractivity contribution in [3.63, 3.8) is 0 Å². The number of benzene rings is 8. The molecule has 11 rings (SSSR count). The van der Waals surface area contributed by atoms with Gasteiger partial charge in [0, 0.05) is 11.1 Å². The topological polar surface area (TPSA) is 18.5 Å². The first-order valence-electron chi connectivity index (χ1n) is 21.3. The van der Waals surface area contributed by atoms with Crippen molar-refractivity contribution >= 4 is 36.9 Å². The summed E-state index contributed by atoms with van der Waals surface area (Å²) >= 11 is 0. The smallest absolute Gasteiger partial charge is 0.135 e. The van der Waals surface area contributed by atoms with E-state index < -0.39 is 16.1 Å². The Balaban J connectivity index is 1.07. The van der Waals surface area contributed by atoms with Gasteiger partial charge in [0.1, 0.15) is 39.1 Å². The molecule has 0 unspecified atom stereocenters. The highest BCUT2D eigenvalue weighted by atomic mass is 28.3. The average Bonchev–Trinajstić information content (AvgIpc) is 3.23. The van der Waals surface area contributed by atoms with Crippen LogP contribution < -0.4 is 30.2 Å². The van der Waals surface area contributed by atoms with Crippen molar-refractivity contribution in [2.45, 2.75) is 53.9 Å². The Kier molecular flexibility index (Phi) is 8.07. The normalized spacial score (nSPS) is 14.5. The van der Waals surface area contributed by atoms with Crippen LogP contribution in [-0.2, 0) is 0 Å². The van der Waals surface area contributed by atoms with E-state index >= 15 is 0 Å². The minimum atomic E-state index is -2.30. The van der Waals surface area contributed by atoms with Crippen LogP contribution in [0.5, 0.6) is 23.0 Å². The highest BCUT2D eigenvalue weighted by Crippen LogP contribution is 2.50. The zero-order valence-corrected chi connectivity index (χ0v) is 37.7. The largest absolute Gasteiger partial charge is 0.457 e. The van der Waals surface area contributed by atoms with E-state index in [1.807, 2.05) is 0 Å². The number of hydrogen-bond acceptors (Lipinski definition) is 2. The van der Waals surface area contributed by atoms with E-state index in [0.717, 1.165) is 23.0 Å². The van der Waals surface area contributed by atoms with Gasteiger partial charge in [-0.2, -0.15) is 0 Å². The molecule has 2 aliphatic heterocycles. The first kappa shape index (κ1) is 36.8. The van der Waals surface area contributed by atoms with Gasteiger partial charge in [0.05, 0.1) is 0 Å². The second kappa shape index (κ2) is 13.1. The van der Waals surface area contributed by atoms with E-state index in [1.54, 1.807) is 0 Å². The molecule has 8 aromatic rings. The number of rotatable bonds is 2. The van der Waals surface area contributed by atoms with Crippen LogP contribution >= 0.6 is 0 Å². The molecule has 4 heteroatoms. The fourth-order valence-electron chi connectivity index (χ4n) is 10.5. The third kappa shape index (κ3) is 5.30. The Hall–Kier alpha value is -6.21. The standard InChI is InChI=1S/C56H48O2Si2/c1-33-21-26-49-47(29-33)57-56-51(59(49,5)6)28-23-35(3)54(56)45-32-52-48(30-36(45)4)58-55-50(60(52,7)8)27-22-34(2)53(55)37-24-25-44-42-19-12-11-17-40(42)38-15-9-10-16-39(38)41-18-13-14-20-43(41)46(44)31-37/h9-32H,1-8H3. The molecule has 1 aliphatic carbocycles. The molecule has 0 radical (unpaired) electrons. The Morgan fingerprint density at radius 2 is 0.783 bits per heavy atom. The molecule has 0 aromatic heterocycles. The SMILES string of the molecule is Cc1ccc2c(c1)Oc1c(ccc(C)c1-c1cc3c(cc1C)Oc1c(ccc(C)c1-c1ccc4c(c1)-c1ccccc1-c1ccccc1-c1ccccc1-4)[Si]3(C)C)[Si]2(C)C. The van der Waals surface area contributed by atoms with Crippen LogP contribution in [-0.4, -0.2) is 16.1 Å². The zero-order valence-electron chi connectivity index (χ0n) is 35.7. The van der Waals surface area contributed by atoms with Gasteiger partial charge >= 0.3 is 0 Å². The number of ether oxygens (including phenoxy) is 2. The number of fused-ring (bicyclic) bond motifs is 12. The van der Waals surface area contributed by atoms with Gasteiger partial charge in [-0.15, -0.1) is 0 Å². The quantitative estimate of drug-likeness (QED) is 0.162. The summed E-state index contributed by atoms with van der Waals surface area (Å²) in [5, 5.41) is 5.39. The average molecular weight is 809 g/mol. The molecule has 0 saturated carbocycles. The summed E-state index contributed by atoms with van der Waals surface area (Å²) in [6.07, 6.45) is 0. The molecular formula is C56H48O2Si2. The van der Waals surface area contributed by atoms with Gasteiger partial charge in [-0.05, 0) is 145 Å². The molecule has 0 amide bonds. The number of aryl methyl sites for hydroxylation is 4. The first-order valence-corrected chi connectivity index (χ1v) is 27.3. The van der Waals surface area contributed by atoms with Crippen molar-refractivity contribution in [1.29, 1.82) is 0 Å². The first-order chi connectivity index (χ1) is 28.9. The predicted molar refractivity (Wildman–Crippen MR) is 258 cm³/mol. The summed E-state index contributed by atoms with van der Waals surface area (Å²) in [4.78, 5) is 0. The van der Waals surface area contributed by atoms with Gasteiger partial charge in [-0.3, -0.25) is 0 Å². The van der Waals surface area contributed by atoms with Crippen molar-refractivity contribution in [3.8, 4) is 89.8 Å². The molecule has 0 saturated heterocycles. The van der Waals surface area contributed by atoms with E-state index in [1.165, 1.54) is 110 Å². The lowest BCUT2D eigenvalue weighted by Crippen LogP contribution is -2.56. The van der Waals surface area contributed by atoms with Crippen LogP contribution in [0.2, 0.25) is 26.2 Å². The molecule has 8 aromatic carbocycles. The molecule has 0 N–H and O–H groups in total. The Bertz CT molecular complexity index is 3140. The lowest BCUT2D eigenvalue weighted by molar-refractivity contribution is 0.486. The molecule has 0 spiro atoms. The third-order valence-electron chi connectivity index (χ3n) is 13.8. The summed E-state index contributed by atoms with van der Waals surface area (Å²) < 4.78 is 14.2. The van der Waals surface area contributed by atoms with Gasteiger partial charge < -0.3 is 9.47 Å². The van der Waals surface area contributed by atoms with Gasteiger partial charge in [-0.1, -0.05) is 154 Å². The van der Waals surface area contributed by atoms with Crippen LogP contribution in [0.4, 0.5) is 0 Å². The monoisotopic (exact) mass is 808 g/mol. The van der Waals surface area contributed by atoms with Crippen molar-refractivity contribution in [1.82, 2.24) is 0 Å². The Labute approximate surface area is 356 Å². The molecule has 0 fully saturated rings. The highest BCUT2D eigenvalue weighted by Gasteiger charge is 2.41. The predicted octanol–water partition coefficient (Wildman–Crippen LogP) is 13.1. The minimum absolute atomic E-state index is 0.980. The van der Waals surface area contributed by atoms with Gasteiger partial charge in [-0.25, -0.2) is 0 Å². The van der Waals surface area contributed by atoms with E-state index in [4.69, 9.17) is 9.47 Å². The molecule has 3 aliphatic rings. The summed E-state index contributed by atoms with van der Waals surface area (Å²) in [5.74, 6) is 4.04. The van der Waals surface area contributed by atoms with E-state index in [-0.39, 0.29) is 0 Å². The van der Waals surface area contributed by atoms with Crippen LogP contribution in [0.25, 0.3) is 66.8 Å². The second-order valence-corrected chi connectivity index (χ2v) is 26.9. The summed E-state index contributed by atoms with van der Waals surface area (Å²) in [6.45, 7) is 18.8. The second-order valence-electron chi connectivity index (χ2n) is 18.3. The summed E-state index contributed by atoms with van der Waals surface area (Å²) in [7, 11) is -4.31. The van der Waals surface area contributed by atoms with E-state index in [0.29, 0.717) is 0 Å². The molecule has 0 bridgehead atoms. The Morgan fingerprint density at radius 3 is 1.35 bits per heavy atom. The Morgan fingerprint density at radius 1 is 0.333 bits per heavy atom. The maximum atomic E-state index is 7.26. The van der Waals surface area contributed by atoms with Crippen LogP contribution in [0.15, 0.2) is 146 Å². The zero-order chi connectivity index (χ0) is 41.2. The molecule has 0 atom stereocenters. The number of hydrogen-bond donors (Lipinski definition) is 0. The van der Waals surface area contributed by atoms with E-state index in [9.17, 15) is 0 Å². The molecule has 2 nitrogen and oxygen atoms in total. The van der Waals surface area contributed by atoms with Crippen LogP contribution in [0.3, 0.4) is 0 Å². The van der Waals surface area contributed by atoms with Gasteiger partial charge in [0.2, 0.25) is 0 Å². The maximum Gasteiger partial charge on any atom is 0.135 e. The fourth-order valence-corrected chi connectivity index (χ4v) is 16.1. The van der Waals surface area contributed by atoms with E-state index in [2.05, 4.69) is 199 Å². The van der Waals surface area contributed by atoms with Gasteiger partial charge in [0.25, 0.3) is 0 Å². The third-order valence-corrected chi connectivity index (χ3v) is 20.8. The molecule has 60 heavy (non-hydrogen) atoms. The van der Waals surface area contributed by atoms with Gasteiger partial charge in [0.15, 0.2) is 0 Å². The maximum absolute atomic E-state index is 7.26. The van der Waals surface area contributed by atoms with Crippen molar-refractivity contribution < 1.29 is 9.47 Å². The minimum Gasteiger partial charge on any atom is -0.457 e. The highest BCUT2D eigenvalue weighted by molar-refractivity contribution is 7.02. The molecular weight excluding hydrogens is 761 g/mol. The van der Waals surface area contributed by atoms with Crippen molar-refractivity contribution in [2.24, 2.45) is 0 Å². The molecule has 2 heterocycles. The van der Waals surface area contributed by atoms with Crippen LogP contribution in [0.1, 0.15) is 22.3 Å². The summed E-state index contributed by atoms with van der Waals surface area (Å²) in [6, 6.07) is 54.6. The lowest BCUT2D eigenvalue weighted by Gasteiger charge is -2.37. The summed E-state index contributed by atoms with van der Waals surface area (Å²) in [5.41, 5.74) is 19.7. The fraction of sp³-hybridized carbons (Fsp3) is 0.143. The van der Waals surface area contributed by atoms with Crippen LogP contribution in [0, 0.1) is 27.7 Å².